The number of amides is 1. The zero-order chi connectivity index (χ0) is 24.4. The summed E-state index contributed by atoms with van der Waals surface area (Å²) in [5, 5.41) is 23.5. The van der Waals surface area contributed by atoms with Gasteiger partial charge in [-0.15, -0.1) is 0 Å². The molecule has 0 aromatic carbocycles. The number of carbonyl (C=O) groups excluding carboxylic acids is 3. The molecule has 1 amide bonds. The predicted molar refractivity (Wildman–Crippen MR) is 126 cm³/mol. The van der Waals surface area contributed by atoms with Crippen LogP contribution in [0.25, 0.3) is 0 Å². The first-order valence-corrected chi connectivity index (χ1v) is 11.1. The molecule has 178 valence electrons. The average molecular weight is 456 g/mol. The van der Waals surface area contributed by atoms with Crippen molar-refractivity contribution in [3.8, 4) is 0 Å². The Bertz CT molecular complexity index is 921. The van der Waals surface area contributed by atoms with E-state index in [0.29, 0.717) is 24.0 Å². The highest BCUT2D eigenvalue weighted by atomic mass is 16.5. The normalized spacial score (nSPS) is 32.9. The Hall–Kier alpha value is -2.87. The number of aliphatic hydroxyl groups excluding tert-OH is 2. The van der Waals surface area contributed by atoms with Gasteiger partial charge >= 0.3 is 0 Å². The van der Waals surface area contributed by atoms with Crippen molar-refractivity contribution in [2.45, 2.75) is 57.8 Å². The Kier molecular flexibility index (Phi) is 10.4. The van der Waals surface area contributed by atoms with Crippen LogP contribution >= 0.6 is 0 Å². The maximum absolute atomic E-state index is 12.8. The smallest absolute Gasteiger partial charge is 0.227 e. The first-order chi connectivity index (χ1) is 15.7. The molecule has 2 aliphatic rings. The van der Waals surface area contributed by atoms with Gasteiger partial charge < -0.3 is 20.3 Å². The summed E-state index contributed by atoms with van der Waals surface area (Å²) >= 11 is 0. The fourth-order valence-electron chi connectivity index (χ4n) is 3.58. The Morgan fingerprint density at radius 1 is 1.06 bits per heavy atom. The van der Waals surface area contributed by atoms with Gasteiger partial charge in [0.2, 0.25) is 11.7 Å². The molecular weight excluding hydrogens is 422 g/mol. The van der Waals surface area contributed by atoms with E-state index in [0.717, 1.165) is 6.08 Å². The van der Waals surface area contributed by atoms with Gasteiger partial charge in [-0.25, -0.2) is 0 Å². The summed E-state index contributed by atoms with van der Waals surface area (Å²) in [5.74, 6) is -1.58. The van der Waals surface area contributed by atoms with Gasteiger partial charge in [0.15, 0.2) is 5.78 Å². The van der Waals surface area contributed by atoms with Crippen molar-refractivity contribution in [1.29, 1.82) is 0 Å². The van der Waals surface area contributed by atoms with Gasteiger partial charge in [-0.05, 0) is 37.8 Å². The second kappa shape index (κ2) is 13.0. The summed E-state index contributed by atoms with van der Waals surface area (Å²) in [6.45, 7) is 3.55. The lowest BCUT2D eigenvalue weighted by atomic mass is 9.90. The van der Waals surface area contributed by atoms with Crippen molar-refractivity contribution in [1.82, 2.24) is 5.32 Å². The summed E-state index contributed by atoms with van der Waals surface area (Å²) in [5.41, 5.74) is 0.940. The molecule has 3 N–H and O–H groups in total. The lowest BCUT2D eigenvalue weighted by molar-refractivity contribution is -0.124. The van der Waals surface area contributed by atoms with Gasteiger partial charge in [0.1, 0.15) is 0 Å². The largest absolute Gasteiger partial charge is 0.392 e. The first kappa shape index (κ1) is 26.4. The van der Waals surface area contributed by atoms with Crippen LogP contribution in [-0.2, 0) is 19.1 Å². The van der Waals surface area contributed by atoms with Crippen LogP contribution in [0.1, 0.15) is 39.5 Å². The Labute approximate surface area is 194 Å². The third kappa shape index (κ3) is 8.20. The molecule has 0 radical (unpaired) electrons. The van der Waals surface area contributed by atoms with Crippen molar-refractivity contribution in [3.05, 3.63) is 71.5 Å². The van der Waals surface area contributed by atoms with Crippen LogP contribution in [0, 0.1) is 5.92 Å². The van der Waals surface area contributed by atoms with Crippen molar-refractivity contribution in [3.63, 3.8) is 0 Å². The molecule has 0 spiro atoms. The van der Waals surface area contributed by atoms with E-state index in [4.69, 9.17) is 4.74 Å². The Balaban J connectivity index is 2.25. The minimum Gasteiger partial charge on any atom is -0.392 e. The van der Waals surface area contributed by atoms with Gasteiger partial charge in [-0.1, -0.05) is 49.5 Å². The van der Waals surface area contributed by atoms with E-state index in [1.165, 1.54) is 13.2 Å². The number of rotatable bonds is 1. The monoisotopic (exact) mass is 455 g/mol. The lowest BCUT2D eigenvalue weighted by Crippen LogP contribution is -2.32. The maximum atomic E-state index is 12.8. The van der Waals surface area contributed by atoms with E-state index < -0.39 is 30.0 Å². The molecule has 0 saturated carbocycles. The van der Waals surface area contributed by atoms with Crippen LogP contribution in [0.3, 0.4) is 0 Å². The number of aliphatic hydroxyl groups is 2. The number of ether oxygens (including phenoxy) is 1. The van der Waals surface area contributed by atoms with Crippen LogP contribution in [0.15, 0.2) is 71.5 Å². The van der Waals surface area contributed by atoms with E-state index >= 15 is 0 Å². The molecule has 33 heavy (non-hydrogen) atoms. The second-order valence-electron chi connectivity index (χ2n) is 8.28. The molecule has 7 heteroatoms. The molecular formula is C26H33NO6. The zero-order valence-electron chi connectivity index (χ0n) is 19.4. The van der Waals surface area contributed by atoms with E-state index in [-0.39, 0.29) is 30.2 Å². The molecule has 1 heterocycles. The molecule has 4 atom stereocenters. The van der Waals surface area contributed by atoms with Crippen LogP contribution < -0.4 is 5.32 Å². The van der Waals surface area contributed by atoms with E-state index in [9.17, 15) is 24.6 Å². The van der Waals surface area contributed by atoms with Crippen molar-refractivity contribution >= 4 is 17.5 Å². The minimum absolute atomic E-state index is 0.0154. The van der Waals surface area contributed by atoms with Crippen LogP contribution in [0.2, 0.25) is 0 Å². The molecule has 0 saturated heterocycles. The fraction of sp³-hybridized carbons (Fsp3) is 0.423. The van der Waals surface area contributed by atoms with Gasteiger partial charge in [-0.3, -0.25) is 14.4 Å². The number of methoxy groups -OCH3 is 1. The number of nitrogens with one attached hydrogen (secondary N) is 1. The van der Waals surface area contributed by atoms with Crippen LogP contribution in [0.4, 0.5) is 0 Å². The third-order valence-electron chi connectivity index (χ3n) is 5.73. The highest BCUT2D eigenvalue weighted by molar-refractivity contribution is 6.21. The summed E-state index contributed by atoms with van der Waals surface area (Å²) in [4.78, 5) is 37.3. The topological polar surface area (TPSA) is 113 Å². The summed E-state index contributed by atoms with van der Waals surface area (Å²) in [7, 11) is 1.48. The van der Waals surface area contributed by atoms with Crippen LogP contribution in [0.5, 0.6) is 0 Å². The molecule has 7 nitrogen and oxygen atoms in total. The van der Waals surface area contributed by atoms with Gasteiger partial charge in [0.05, 0.1) is 30.4 Å². The maximum Gasteiger partial charge on any atom is 0.227 e. The number of allylic oxidation sites excluding steroid dienone is 8. The number of carbonyl (C=O) groups is 3. The van der Waals surface area contributed by atoms with Gasteiger partial charge in [-0.2, -0.15) is 0 Å². The summed E-state index contributed by atoms with van der Waals surface area (Å²) in [6.07, 6.45) is 13.9. The number of hydrogen-bond acceptors (Lipinski definition) is 6. The summed E-state index contributed by atoms with van der Waals surface area (Å²) < 4.78 is 5.30. The number of hydrogen-bond donors (Lipinski definition) is 3. The highest BCUT2D eigenvalue weighted by Gasteiger charge is 2.25. The molecule has 2 rings (SSSR count). The molecule has 0 fully saturated rings. The molecule has 2 bridgehead atoms. The molecule has 0 aromatic heterocycles. The molecule has 1 aliphatic carbocycles. The first-order valence-electron chi connectivity index (χ1n) is 11.1. The summed E-state index contributed by atoms with van der Waals surface area (Å²) in [6, 6.07) is 0. The minimum atomic E-state index is -0.834. The van der Waals surface area contributed by atoms with Crippen molar-refractivity contribution in [2.24, 2.45) is 5.92 Å². The average Bonchev–Trinajstić information content (AvgIpc) is 2.78. The van der Waals surface area contributed by atoms with Gasteiger partial charge in [0.25, 0.3) is 0 Å². The SMILES string of the molecule is COC1\C=C/C=C\C=C/CC(O)C(C)C(O)/C(C)=C\CCC2=CC(=O)C=C(NC(=O)C1)C2=O. The standard InChI is InChI=1S/C26H33NO6/c1-17-10-9-11-19-14-20(28)15-22(26(19)32)27-24(30)16-21(33-3)12-7-5-4-6-8-13-23(29)18(2)25(17)31/h4-8,10,12,14-15,18,21,23,25,29,31H,9,11,13,16H2,1-3H3,(H,27,30)/b5-4-,8-6-,12-7-,17-10-. The molecule has 0 aromatic rings. The van der Waals surface area contributed by atoms with E-state index in [1.807, 2.05) is 6.08 Å². The second-order valence-corrected chi connectivity index (χ2v) is 8.28. The van der Waals surface area contributed by atoms with E-state index in [1.54, 1.807) is 50.3 Å². The number of fused-ring (bicyclic) bond motifs is 2. The number of ketones is 2. The zero-order valence-corrected chi connectivity index (χ0v) is 19.4. The highest BCUT2D eigenvalue weighted by Crippen LogP contribution is 2.21. The predicted octanol–water partition coefficient (Wildman–Crippen LogP) is 2.63. The Morgan fingerprint density at radius 2 is 1.79 bits per heavy atom. The lowest BCUT2D eigenvalue weighted by Gasteiger charge is -2.24. The van der Waals surface area contributed by atoms with Crippen molar-refractivity contribution in [2.75, 3.05) is 7.11 Å². The van der Waals surface area contributed by atoms with Crippen LogP contribution in [-0.4, -0.2) is 53.1 Å². The quantitative estimate of drug-likeness (QED) is 0.414. The number of Topliss-reactive ketones (excluding diaryl/α,β-unsaturated/α-hetero) is 1. The third-order valence-corrected chi connectivity index (χ3v) is 5.73. The van der Waals surface area contributed by atoms with Crippen molar-refractivity contribution < 1.29 is 29.3 Å². The van der Waals surface area contributed by atoms with Gasteiger partial charge in [0, 0.05) is 24.7 Å². The van der Waals surface area contributed by atoms with E-state index in [2.05, 4.69) is 5.32 Å². The Morgan fingerprint density at radius 3 is 2.52 bits per heavy atom. The molecule has 1 aliphatic heterocycles. The fourth-order valence-corrected chi connectivity index (χ4v) is 3.58. The molecule has 4 unspecified atom stereocenters.